The van der Waals surface area contributed by atoms with Crippen LogP contribution in [0.25, 0.3) is 0 Å². The lowest BCUT2D eigenvalue weighted by Gasteiger charge is -2.18. The zero-order valence-electron chi connectivity index (χ0n) is 11.4. The van der Waals surface area contributed by atoms with Crippen LogP contribution in [0.5, 0.6) is 0 Å². The van der Waals surface area contributed by atoms with E-state index in [-0.39, 0.29) is 10.6 Å². The van der Waals surface area contributed by atoms with E-state index in [2.05, 4.69) is 23.2 Å². The van der Waals surface area contributed by atoms with Crippen LogP contribution in [0, 0.1) is 0 Å². The fourth-order valence-corrected chi connectivity index (χ4v) is 3.25. The van der Waals surface area contributed by atoms with E-state index in [4.69, 9.17) is 5.73 Å². The lowest BCUT2D eigenvalue weighted by atomic mass is 10.2. The van der Waals surface area contributed by atoms with Gasteiger partial charge in [0.1, 0.15) is 4.90 Å². The second kappa shape index (κ2) is 7.02. The molecule has 1 rings (SSSR count). The van der Waals surface area contributed by atoms with Crippen LogP contribution >= 0.6 is 11.8 Å². The van der Waals surface area contributed by atoms with Crippen molar-refractivity contribution in [2.45, 2.75) is 24.3 Å². The molecule has 0 saturated heterocycles. The maximum atomic E-state index is 11.7. The zero-order chi connectivity index (χ0) is 14.5. The number of sulfonamides is 1. The SMILES string of the molecule is CCC(CSC)Nc1ccc(S(=O)(=O)NC)c(N)c1. The number of hydrogen-bond donors (Lipinski definition) is 3. The molecule has 0 aromatic heterocycles. The molecule has 1 aromatic rings. The average molecular weight is 303 g/mol. The molecule has 0 fully saturated rings. The summed E-state index contributed by atoms with van der Waals surface area (Å²) in [5.74, 6) is 0.993. The van der Waals surface area contributed by atoms with Gasteiger partial charge in [0.2, 0.25) is 10.0 Å². The molecule has 5 nitrogen and oxygen atoms in total. The monoisotopic (exact) mass is 303 g/mol. The number of nitrogen functional groups attached to an aromatic ring is 1. The molecule has 0 heterocycles. The van der Waals surface area contributed by atoms with Crippen molar-refractivity contribution >= 4 is 33.2 Å². The molecule has 4 N–H and O–H groups in total. The third-order valence-electron chi connectivity index (χ3n) is 2.80. The van der Waals surface area contributed by atoms with Crippen molar-refractivity contribution in [3.63, 3.8) is 0 Å². The van der Waals surface area contributed by atoms with Crippen molar-refractivity contribution in [3.05, 3.63) is 18.2 Å². The van der Waals surface area contributed by atoms with Crippen LogP contribution in [0.2, 0.25) is 0 Å². The lowest BCUT2D eigenvalue weighted by Crippen LogP contribution is -2.22. The Kier molecular flexibility index (Phi) is 5.96. The maximum absolute atomic E-state index is 11.7. The van der Waals surface area contributed by atoms with Gasteiger partial charge in [0.05, 0.1) is 5.69 Å². The molecule has 108 valence electrons. The molecule has 0 saturated carbocycles. The average Bonchev–Trinajstić information content (AvgIpc) is 2.38. The van der Waals surface area contributed by atoms with Crippen LogP contribution in [0.3, 0.4) is 0 Å². The van der Waals surface area contributed by atoms with E-state index in [1.54, 1.807) is 23.9 Å². The number of benzene rings is 1. The van der Waals surface area contributed by atoms with Gasteiger partial charge in [-0.2, -0.15) is 11.8 Å². The molecule has 1 aromatic carbocycles. The molecular weight excluding hydrogens is 282 g/mol. The second-order valence-corrected chi connectivity index (χ2v) is 6.93. The van der Waals surface area contributed by atoms with Crippen molar-refractivity contribution < 1.29 is 8.42 Å². The first kappa shape index (κ1) is 16.1. The number of nitrogens with one attached hydrogen (secondary N) is 2. The molecule has 0 aliphatic heterocycles. The van der Waals surface area contributed by atoms with E-state index in [0.29, 0.717) is 6.04 Å². The normalized spacial score (nSPS) is 13.2. The summed E-state index contributed by atoms with van der Waals surface area (Å²) in [7, 11) is -2.13. The van der Waals surface area contributed by atoms with Gasteiger partial charge >= 0.3 is 0 Å². The summed E-state index contributed by atoms with van der Waals surface area (Å²) in [6, 6.07) is 5.27. The third kappa shape index (κ3) is 4.29. The Labute approximate surface area is 119 Å². The summed E-state index contributed by atoms with van der Waals surface area (Å²) >= 11 is 1.77. The van der Waals surface area contributed by atoms with Gasteiger partial charge in [0.15, 0.2) is 0 Å². The van der Waals surface area contributed by atoms with Gasteiger partial charge < -0.3 is 11.1 Å². The number of thioether (sulfide) groups is 1. The van der Waals surface area contributed by atoms with Crippen molar-refractivity contribution in [2.75, 3.05) is 30.1 Å². The number of rotatable bonds is 7. The summed E-state index contributed by atoms with van der Waals surface area (Å²) in [5, 5.41) is 3.35. The Bertz CT molecular complexity index is 518. The molecule has 0 aliphatic carbocycles. The molecule has 7 heteroatoms. The highest BCUT2D eigenvalue weighted by Crippen LogP contribution is 2.23. The Hall–Kier alpha value is -0.920. The topological polar surface area (TPSA) is 84.2 Å². The van der Waals surface area contributed by atoms with E-state index >= 15 is 0 Å². The Morgan fingerprint density at radius 1 is 1.42 bits per heavy atom. The van der Waals surface area contributed by atoms with Crippen LogP contribution in [-0.2, 0) is 10.0 Å². The zero-order valence-corrected chi connectivity index (χ0v) is 13.1. The van der Waals surface area contributed by atoms with Gasteiger partial charge in [-0.15, -0.1) is 0 Å². The predicted octanol–water partition coefficient (Wildman–Crippen LogP) is 1.73. The first-order valence-electron chi connectivity index (χ1n) is 6.03. The van der Waals surface area contributed by atoms with Crippen LogP contribution in [0.4, 0.5) is 11.4 Å². The van der Waals surface area contributed by atoms with Crippen molar-refractivity contribution in [3.8, 4) is 0 Å². The first-order valence-corrected chi connectivity index (χ1v) is 8.90. The minimum atomic E-state index is -3.50. The van der Waals surface area contributed by atoms with Gasteiger partial charge in [-0.25, -0.2) is 13.1 Å². The van der Waals surface area contributed by atoms with Gasteiger partial charge in [0, 0.05) is 17.5 Å². The minimum absolute atomic E-state index is 0.110. The molecule has 0 bridgehead atoms. The Morgan fingerprint density at radius 2 is 2.11 bits per heavy atom. The van der Waals surface area contributed by atoms with E-state index in [0.717, 1.165) is 17.9 Å². The summed E-state index contributed by atoms with van der Waals surface area (Å²) in [4.78, 5) is 0.110. The van der Waals surface area contributed by atoms with Crippen molar-refractivity contribution in [1.82, 2.24) is 4.72 Å². The van der Waals surface area contributed by atoms with Crippen LogP contribution in [0.15, 0.2) is 23.1 Å². The summed E-state index contributed by atoms with van der Waals surface area (Å²) in [6.07, 6.45) is 3.05. The Morgan fingerprint density at radius 3 is 2.58 bits per heavy atom. The highest BCUT2D eigenvalue weighted by Gasteiger charge is 2.15. The van der Waals surface area contributed by atoms with E-state index in [9.17, 15) is 8.42 Å². The highest BCUT2D eigenvalue weighted by molar-refractivity contribution is 7.98. The largest absolute Gasteiger partial charge is 0.398 e. The maximum Gasteiger partial charge on any atom is 0.242 e. The van der Waals surface area contributed by atoms with Gasteiger partial charge in [-0.05, 0) is 37.9 Å². The van der Waals surface area contributed by atoms with Crippen LogP contribution < -0.4 is 15.8 Å². The highest BCUT2D eigenvalue weighted by atomic mass is 32.2. The van der Waals surface area contributed by atoms with E-state index < -0.39 is 10.0 Å². The quantitative estimate of drug-likeness (QED) is 0.668. The van der Waals surface area contributed by atoms with Crippen molar-refractivity contribution in [1.29, 1.82) is 0 Å². The fourth-order valence-electron chi connectivity index (χ4n) is 1.69. The van der Waals surface area contributed by atoms with Crippen molar-refractivity contribution in [2.24, 2.45) is 0 Å². The summed E-state index contributed by atoms with van der Waals surface area (Å²) < 4.78 is 25.7. The minimum Gasteiger partial charge on any atom is -0.398 e. The molecule has 0 spiro atoms. The third-order valence-corrected chi connectivity index (χ3v) is 5.02. The Balaban J connectivity index is 2.94. The van der Waals surface area contributed by atoms with E-state index in [1.165, 1.54) is 13.1 Å². The molecule has 0 amide bonds. The molecule has 0 aliphatic rings. The predicted molar refractivity (Wildman–Crippen MR) is 83.2 cm³/mol. The van der Waals surface area contributed by atoms with Gasteiger partial charge in [0.25, 0.3) is 0 Å². The van der Waals surface area contributed by atoms with Crippen LogP contribution in [0.1, 0.15) is 13.3 Å². The van der Waals surface area contributed by atoms with Crippen LogP contribution in [-0.4, -0.2) is 33.5 Å². The second-order valence-electron chi connectivity index (χ2n) is 4.17. The van der Waals surface area contributed by atoms with Gasteiger partial charge in [-0.3, -0.25) is 0 Å². The molecule has 0 radical (unpaired) electrons. The standard InChI is InChI=1S/C12H21N3O2S2/c1-4-9(8-18-3)15-10-5-6-12(11(13)7-10)19(16,17)14-2/h5-7,9,14-15H,4,8,13H2,1-3H3. The molecule has 1 atom stereocenters. The number of anilines is 2. The molecule has 1 unspecified atom stereocenters. The summed E-state index contributed by atoms with van der Waals surface area (Å²) in [6.45, 7) is 2.11. The number of hydrogen-bond acceptors (Lipinski definition) is 5. The van der Waals surface area contributed by atoms with Gasteiger partial charge in [-0.1, -0.05) is 6.92 Å². The lowest BCUT2D eigenvalue weighted by molar-refractivity contribution is 0.588. The molecule has 19 heavy (non-hydrogen) atoms. The summed E-state index contributed by atoms with van der Waals surface area (Å²) in [5.41, 5.74) is 6.90. The smallest absolute Gasteiger partial charge is 0.242 e. The first-order chi connectivity index (χ1) is 8.94. The van der Waals surface area contributed by atoms with E-state index in [1.807, 2.05) is 0 Å². The molecular formula is C12H21N3O2S2. The number of nitrogens with two attached hydrogens (primary N) is 1. The fraction of sp³-hybridized carbons (Fsp3) is 0.500.